The van der Waals surface area contributed by atoms with Crippen molar-refractivity contribution < 1.29 is 0 Å². The van der Waals surface area contributed by atoms with Crippen LogP contribution in [0.15, 0.2) is 9.81 Å². The van der Waals surface area contributed by atoms with Crippen molar-refractivity contribution in [1.29, 1.82) is 0 Å². The van der Waals surface area contributed by atoms with Crippen LogP contribution >= 0.6 is 22.4 Å². The zero-order valence-electron chi connectivity index (χ0n) is 20.3. The Morgan fingerprint density at radius 3 is 0.692 bits per heavy atom. The van der Waals surface area contributed by atoms with Gasteiger partial charge in [0.05, 0.1) is 0 Å². The lowest BCUT2D eigenvalue weighted by Crippen LogP contribution is -2.42. The van der Waals surface area contributed by atoms with Crippen LogP contribution in [0, 0.1) is 0 Å². The smallest absolute Gasteiger partial charge is 0.130 e. The molecule has 156 valence electrons. The summed E-state index contributed by atoms with van der Waals surface area (Å²) in [5.41, 5.74) is 4.85. The molecule has 0 radical (unpaired) electrons. The summed E-state index contributed by atoms with van der Waals surface area (Å²) in [6, 6.07) is 0. The second-order valence-electron chi connectivity index (χ2n) is 9.95. The van der Waals surface area contributed by atoms with Gasteiger partial charge in [-0.25, -0.2) is 0 Å². The van der Waals surface area contributed by atoms with Crippen molar-refractivity contribution in [2.75, 3.05) is 0 Å². The zero-order valence-corrected chi connectivity index (χ0v) is 23.9. The molecule has 0 heterocycles. The van der Waals surface area contributed by atoms with E-state index in [1.54, 1.807) is 9.81 Å². The van der Waals surface area contributed by atoms with Crippen molar-refractivity contribution in [3.63, 3.8) is 0 Å². The van der Waals surface area contributed by atoms with Crippen LogP contribution in [-0.2, 0) is 0 Å². The molecule has 4 heteroatoms. The van der Waals surface area contributed by atoms with E-state index in [4.69, 9.17) is 0 Å². The molecule has 0 nitrogen and oxygen atoms in total. The van der Waals surface area contributed by atoms with E-state index >= 15 is 0 Å². The van der Waals surface area contributed by atoms with Crippen molar-refractivity contribution in [2.45, 2.75) is 130 Å². The molecule has 0 aromatic carbocycles. The quantitative estimate of drug-likeness (QED) is 0.315. The van der Waals surface area contributed by atoms with Gasteiger partial charge >= 0.3 is 0 Å². The zero-order chi connectivity index (χ0) is 21.0. The van der Waals surface area contributed by atoms with Gasteiger partial charge < -0.3 is 0 Å². The van der Waals surface area contributed by atoms with Gasteiger partial charge in [0.15, 0.2) is 0 Å². The molecule has 0 rings (SSSR count). The molecule has 0 aliphatic heterocycles. The Morgan fingerprint density at radius 2 is 0.577 bits per heavy atom. The third-order valence-corrected chi connectivity index (χ3v) is 31.9. The number of allylic oxidation sites excluding steroid dienone is 2. The maximum atomic E-state index is 2.48. The second-order valence-corrected chi connectivity index (χ2v) is 27.4. The molecule has 0 atom stereocenters. The van der Waals surface area contributed by atoms with Crippen LogP contribution in [-0.4, -0.2) is 14.4 Å². The Labute approximate surface area is 176 Å². The molecule has 0 fully saturated rings. The Hall–Kier alpha value is 0.874. The average Bonchev–Trinajstić information content (AvgIpc) is 2.47. The maximum absolute atomic E-state index is 2.48. The number of hydrogen-bond acceptors (Lipinski definition) is 2. The largest absolute Gasteiger partial charge is 0.154 e. The van der Waals surface area contributed by atoms with Crippen molar-refractivity contribution in [1.82, 2.24) is 0 Å². The van der Waals surface area contributed by atoms with Gasteiger partial charge in [-0.05, 0) is 56.9 Å². The molecule has 0 amide bonds. The lowest BCUT2D eigenvalue weighted by atomic mass is 10.5. The molecule has 0 saturated carbocycles. The summed E-state index contributed by atoms with van der Waals surface area (Å²) >= 11 is 4.64. The molecule has 0 aliphatic rings. The standard InChI is InChI=1S/C22H48S2Si2/c1-15(2)25(16(3)4,17(5)6)23-21(13)22(14)24-26(18(7)8,19(9)10)20(11)12/h15-20H,1-14H3/b22-21-. The molecular formula is C22H48S2Si2. The summed E-state index contributed by atoms with van der Waals surface area (Å²) in [6.07, 6.45) is 0. The number of hydrogen-bond donors (Lipinski definition) is 0. The van der Waals surface area contributed by atoms with Gasteiger partial charge in [-0.3, -0.25) is 0 Å². The SMILES string of the molecule is C/C(S[Si](C(C)C)(C(C)C)C(C)C)=C(\C)S[Si](C(C)C)(C(C)C)C(C)C. The summed E-state index contributed by atoms with van der Waals surface area (Å²) < 4.78 is 0. The van der Waals surface area contributed by atoms with Crippen molar-refractivity contribution in [2.24, 2.45) is 0 Å². The van der Waals surface area contributed by atoms with Gasteiger partial charge in [0, 0.05) is 0 Å². The normalized spacial score (nSPS) is 15.2. The van der Waals surface area contributed by atoms with E-state index in [9.17, 15) is 0 Å². The number of rotatable bonds is 10. The average molecular weight is 433 g/mol. The third-order valence-electron chi connectivity index (χ3n) is 6.57. The molecule has 0 aromatic rings. The van der Waals surface area contributed by atoms with Crippen molar-refractivity contribution in [3.8, 4) is 0 Å². The first-order valence-corrected chi connectivity index (χ1v) is 18.3. The highest BCUT2D eigenvalue weighted by Gasteiger charge is 2.46. The van der Waals surface area contributed by atoms with Crippen LogP contribution < -0.4 is 0 Å². The van der Waals surface area contributed by atoms with Crippen molar-refractivity contribution in [3.05, 3.63) is 9.81 Å². The Bertz CT molecular complexity index is 377. The van der Waals surface area contributed by atoms with Crippen LogP contribution in [0.4, 0.5) is 0 Å². The molecule has 0 unspecified atom stereocenters. The summed E-state index contributed by atoms with van der Waals surface area (Å²) in [6.45, 7) is 34.6. The molecule has 0 aromatic heterocycles. The van der Waals surface area contributed by atoms with Crippen LogP contribution in [0.3, 0.4) is 0 Å². The van der Waals surface area contributed by atoms with Crippen LogP contribution in [0.2, 0.25) is 33.2 Å². The fourth-order valence-corrected chi connectivity index (χ4v) is 25.2. The Balaban J connectivity index is 5.99. The van der Waals surface area contributed by atoms with E-state index < -0.39 is 14.4 Å². The minimum Gasteiger partial charge on any atom is -0.154 e. The van der Waals surface area contributed by atoms with E-state index in [1.807, 2.05) is 0 Å². The fraction of sp³-hybridized carbons (Fsp3) is 0.909. The lowest BCUT2D eigenvalue weighted by molar-refractivity contribution is 0.851. The first-order chi connectivity index (χ1) is 11.7. The summed E-state index contributed by atoms with van der Waals surface area (Å²) in [7, 11) is -2.90. The minimum absolute atomic E-state index is 0.808. The topological polar surface area (TPSA) is 0 Å². The molecular weight excluding hydrogens is 385 g/mol. The van der Waals surface area contributed by atoms with Crippen LogP contribution in [0.25, 0.3) is 0 Å². The van der Waals surface area contributed by atoms with Gasteiger partial charge in [0.2, 0.25) is 0 Å². The van der Waals surface area contributed by atoms with Gasteiger partial charge in [0.25, 0.3) is 0 Å². The summed E-state index contributed by atoms with van der Waals surface area (Å²) in [4.78, 5) is 3.24. The molecule has 0 spiro atoms. The molecule has 26 heavy (non-hydrogen) atoms. The molecule has 0 bridgehead atoms. The lowest BCUT2D eigenvalue weighted by Gasteiger charge is -2.44. The highest BCUT2D eigenvalue weighted by atomic mass is 32.4. The van der Waals surface area contributed by atoms with Gasteiger partial charge in [-0.1, -0.05) is 83.1 Å². The summed E-state index contributed by atoms with van der Waals surface area (Å²) in [5, 5.41) is 0. The maximum Gasteiger partial charge on any atom is 0.130 e. The fourth-order valence-electron chi connectivity index (χ4n) is 5.38. The predicted molar refractivity (Wildman–Crippen MR) is 136 cm³/mol. The van der Waals surface area contributed by atoms with Gasteiger partial charge in [-0.2, -0.15) is 22.4 Å². The van der Waals surface area contributed by atoms with Crippen LogP contribution in [0.1, 0.15) is 96.9 Å². The Morgan fingerprint density at radius 1 is 0.423 bits per heavy atom. The highest BCUT2D eigenvalue weighted by molar-refractivity contribution is 8.34. The summed E-state index contributed by atoms with van der Waals surface area (Å²) in [5.74, 6) is 0. The monoisotopic (exact) mass is 432 g/mol. The van der Waals surface area contributed by atoms with E-state index in [1.165, 1.54) is 0 Å². The Kier molecular flexibility index (Phi) is 10.9. The van der Waals surface area contributed by atoms with Crippen LogP contribution in [0.5, 0.6) is 0 Å². The molecule has 0 aliphatic carbocycles. The minimum atomic E-state index is -1.45. The highest BCUT2D eigenvalue weighted by Crippen LogP contribution is 2.56. The molecule has 0 saturated heterocycles. The predicted octanol–water partition coefficient (Wildman–Crippen LogP) is 10.1. The van der Waals surface area contributed by atoms with Crippen molar-refractivity contribution >= 4 is 36.9 Å². The third kappa shape index (κ3) is 5.48. The molecule has 0 N–H and O–H groups in total. The second kappa shape index (κ2) is 10.6. The van der Waals surface area contributed by atoms with Gasteiger partial charge in [-0.15, -0.1) is 0 Å². The van der Waals surface area contributed by atoms with E-state index in [0.29, 0.717) is 0 Å². The van der Waals surface area contributed by atoms with E-state index in [0.717, 1.165) is 33.2 Å². The first-order valence-electron chi connectivity index (χ1n) is 10.7. The van der Waals surface area contributed by atoms with E-state index in [2.05, 4.69) is 119 Å². The first kappa shape index (κ1) is 26.9. The van der Waals surface area contributed by atoms with Gasteiger partial charge in [0.1, 0.15) is 14.4 Å². The van der Waals surface area contributed by atoms with E-state index in [-0.39, 0.29) is 0 Å².